The zero-order chi connectivity index (χ0) is 13.8. The number of hydrogen-bond acceptors (Lipinski definition) is 4. The highest BCUT2D eigenvalue weighted by Crippen LogP contribution is 2.20. The summed E-state index contributed by atoms with van der Waals surface area (Å²) in [4.78, 5) is 16.3. The Kier molecular flexibility index (Phi) is 5.07. The molecule has 0 radical (unpaired) electrons. The summed E-state index contributed by atoms with van der Waals surface area (Å²) < 4.78 is 5.30. The Bertz CT molecular complexity index is 322. The van der Waals surface area contributed by atoms with Crippen LogP contribution in [-0.4, -0.2) is 78.8 Å². The molecule has 0 saturated carbocycles. The average Bonchev–Trinajstić information content (AvgIpc) is 3.01. The van der Waals surface area contributed by atoms with E-state index in [9.17, 15) is 4.79 Å². The second-order valence-corrected chi connectivity index (χ2v) is 7.02. The van der Waals surface area contributed by atoms with Gasteiger partial charge in [0.15, 0.2) is 0 Å². The first-order chi connectivity index (χ1) is 9.83. The fourth-order valence-electron chi connectivity index (χ4n) is 3.19. The number of morpholine rings is 1. The van der Waals surface area contributed by atoms with Gasteiger partial charge in [-0.1, -0.05) is 0 Å². The van der Waals surface area contributed by atoms with Crippen molar-refractivity contribution >= 4 is 17.8 Å². The first kappa shape index (κ1) is 14.5. The van der Waals surface area contributed by atoms with Crippen molar-refractivity contribution in [3.63, 3.8) is 0 Å². The summed E-state index contributed by atoms with van der Waals surface area (Å²) in [6.07, 6.45) is 3.49. The van der Waals surface area contributed by atoms with E-state index >= 15 is 0 Å². The molecule has 0 aliphatic carbocycles. The smallest absolute Gasteiger partial charge is 0.320 e. The van der Waals surface area contributed by atoms with Gasteiger partial charge in [0.25, 0.3) is 0 Å². The van der Waals surface area contributed by atoms with Crippen molar-refractivity contribution in [3.8, 4) is 0 Å². The van der Waals surface area contributed by atoms with Gasteiger partial charge in [0, 0.05) is 44.0 Å². The predicted molar refractivity (Wildman–Crippen MR) is 81.2 cm³/mol. The fraction of sp³-hybridized carbons (Fsp3) is 0.929. The molecule has 2 amide bonds. The molecule has 3 aliphatic rings. The van der Waals surface area contributed by atoms with Crippen LogP contribution in [0.4, 0.5) is 4.79 Å². The SMILES string of the molecule is O=C(N1CCOCC1)N1CCC(NC2CCSC2)CC1. The molecule has 3 aliphatic heterocycles. The van der Waals surface area contributed by atoms with E-state index in [1.165, 1.54) is 17.9 Å². The van der Waals surface area contributed by atoms with Crippen molar-refractivity contribution in [1.82, 2.24) is 15.1 Å². The van der Waals surface area contributed by atoms with Crippen molar-refractivity contribution in [2.45, 2.75) is 31.3 Å². The molecule has 6 heteroatoms. The molecule has 114 valence electrons. The lowest BCUT2D eigenvalue weighted by Crippen LogP contribution is -2.53. The van der Waals surface area contributed by atoms with Crippen LogP contribution in [0.5, 0.6) is 0 Å². The molecule has 3 saturated heterocycles. The third-order valence-electron chi connectivity index (χ3n) is 4.45. The number of thioether (sulfide) groups is 1. The second kappa shape index (κ2) is 7.00. The maximum atomic E-state index is 12.4. The zero-order valence-corrected chi connectivity index (χ0v) is 12.9. The van der Waals surface area contributed by atoms with Crippen molar-refractivity contribution in [3.05, 3.63) is 0 Å². The number of likely N-dealkylation sites (tertiary alicyclic amines) is 1. The van der Waals surface area contributed by atoms with Crippen LogP contribution < -0.4 is 5.32 Å². The monoisotopic (exact) mass is 299 g/mol. The molecule has 5 nitrogen and oxygen atoms in total. The molecule has 0 spiro atoms. The normalized spacial score (nSPS) is 28.9. The standard InChI is InChI=1S/C14H25N3O2S/c18-14(17-6-8-19-9-7-17)16-4-1-12(2-5-16)15-13-3-10-20-11-13/h12-13,15H,1-11H2. The van der Waals surface area contributed by atoms with Crippen molar-refractivity contribution in [2.24, 2.45) is 0 Å². The molecule has 3 fully saturated rings. The van der Waals surface area contributed by atoms with E-state index in [4.69, 9.17) is 4.74 Å². The molecule has 0 aromatic heterocycles. The lowest BCUT2D eigenvalue weighted by Gasteiger charge is -2.37. The number of rotatable bonds is 2. The Hall–Kier alpha value is -0.460. The highest BCUT2D eigenvalue weighted by molar-refractivity contribution is 7.99. The van der Waals surface area contributed by atoms with Crippen LogP contribution in [0, 0.1) is 0 Å². The number of carbonyl (C=O) groups is 1. The van der Waals surface area contributed by atoms with E-state index in [2.05, 4.69) is 5.32 Å². The van der Waals surface area contributed by atoms with Gasteiger partial charge in [0.1, 0.15) is 0 Å². The molecule has 0 bridgehead atoms. The van der Waals surface area contributed by atoms with Gasteiger partial charge in [-0.25, -0.2) is 4.79 Å². The minimum Gasteiger partial charge on any atom is -0.378 e. The van der Waals surface area contributed by atoms with Crippen LogP contribution in [0.25, 0.3) is 0 Å². The van der Waals surface area contributed by atoms with E-state index in [0.717, 1.165) is 39.0 Å². The predicted octanol–water partition coefficient (Wildman–Crippen LogP) is 0.998. The highest BCUT2D eigenvalue weighted by atomic mass is 32.2. The summed E-state index contributed by atoms with van der Waals surface area (Å²) in [7, 11) is 0. The molecule has 20 heavy (non-hydrogen) atoms. The number of nitrogens with one attached hydrogen (secondary N) is 1. The lowest BCUT2D eigenvalue weighted by molar-refractivity contribution is 0.0407. The molecule has 3 rings (SSSR count). The maximum absolute atomic E-state index is 12.4. The highest BCUT2D eigenvalue weighted by Gasteiger charge is 2.28. The molecule has 0 aromatic carbocycles. The summed E-state index contributed by atoms with van der Waals surface area (Å²) in [6.45, 7) is 4.65. The van der Waals surface area contributed by atoms with Gasteiger partial charge in [0.05, 0.1) is 13.2 Å². The quantitative estimate of drug-likeness (QED) is 0.826. The summed E-state index contributed by atoms with van der Waals surface area (Å²) in [5, 5.41) is 3.76. The third kappa shape index (κ3) is 3.59. The molecular formula is C14H25N3O2S. The maximum Gasteiger partial charge on any atom is 0.320 e. The number of piperidine rings is 1. The number of amides is 2. The van der Waals surface area contributed by atoms with Crippen LogP contribution in [0.2, 0.25) is 0 Å². The molecule has 1 atom stereocenters. The van der Waals surface area contributed by atoms with Gasteiger partial charge in [-0.05, 0) is 25.0 Å². The van der Waals surface area contributed by atoms with Gasteiger partial charge in [-0.3, -0.25) is 0 Å². The number of carbonyl (C=O) groups excluding carboxylic acids is 1. The topological polar surface area (TPSA) is 44.8 Å². The summed E-state index contributed by atoms with van der Waals surface area (Å²) >= 11 is 2.05. The van der Waals surface area contributed by atoms with Gasteiger partial charge < -0.3 is 19.9 Å². The van der Waals surface area contributed by atoms with Crippen LogP contribution in [-0.2, 0) is 4.74 Å². The van der Waals surface area contributed by atoms with E-state index in [-0.39, 0.29) is 6.03 Å². The van der Waals surface area contributed by atoms with E-state index in [1.54, 1.807) is 0 Å². The first-order valence-corrected chi connectivity index (χ1v) is 8.94. The minimum atomic E-state index is 0.211. The summed E-state index contributed by atoms with van der Waals surface area (Å²) in [6, 6.07) is 1.52. The minimum absolute atomic E-state index is 0.211. The number of nitrogens with zero attached hydrogens (tertiary/aromatic N) is 2. The van der Waals surface area contributed by atoms with Gasteiger partial charge in [0.2, 0.25) is 0 Å². The average molecular weight is 299 g/mol. The van der Waals surface area contributed by atoms with Crippen LogP contribution in [0.15, 0.2) is 0 Å². The Labute approximate surface area is 125 Å². The summed E-state index contributed by atoms with van der Waals surface area (Å²) in [5.74, 6) is 2.55. The number of hydrogen-bond donors (Lipinski definition) is 1. The van der Waals surface area contributed by atoms with Crippen molar-refractivity contribution in [2.75, 3.05) is 50.9 Å². The third-order valence-corrected chi connectivity index (χ3v) is 5.61. The Balaban J connectivity index is 1.41. The lowest BCUT2D eigenvalue weighted by atomic mass is 10.0. The zero-order valence-electron chi connectivity index (χ0n) is 12.1. The van der Waals surface area contributed by atoms with Gasteiger partial charge in [-0.15, -0.1) is 0 Å². The molecule has 1 unspecified atom stereocenters. The Morgan fingerprint density at radius 3 is 2.35 bits per heavy atom. The molecule has 0 aromatic rings. The Morgan fingerprint density at radius 1 is 1.00 bits per heavy atom. The van der Waals surface area contributed by atoms with Crippen LogP contribution in [0.1, 0.15) is 19.3 Å². The van der Waals surface area contributed by atoms with E-state index in [0.29, 0.717) is 25.3 Å². The first-order valence-electron chi connectivity index (χ1n) is 7.78. The van der Waals surface area contributed by atoms with Crippen LogP contribution >= 0.6 is 11.8 Å². The second-order valence-electron chi connectivity index (χ2n) is 5.87. The molecular weight excluding hydrogens is 274 g/mol. The largest absolute Gasteiger partial charge is 0.378 e. The van der Waals surface area contributed by atoms with E-state index in [1.807, 2.05) is 21.6 Å². The van der Waals surface area contributed by atoms with Crippen molar-refractivity contribution < 1.29 is 9.53 Å². The van der Waals surface area contributed by atoms with E-state index < -0.39 is 0 Å². The molecule has 3 heterocycles. The summed E-state index contributed by atoms with van der Waals surface area (Å²) in [5.41, 5.74) is 0. The van der Waals surface area contributed by atoms with Gasteiger partial charge >= 0.3 is 6.03 Å². The van der Waals surface area contributed by atoms with Crippen LogP contribution in [0.3, 0.4) is 0 Å². The van der Waals surface area contributed by atoms with Crippen molar-refractivity contribution in [1.29, 1.82) is 0 Å². The molecule has 1 N–H and O–H groups in total. The van der Waals surface area contributed by atoms with Gasteiger partial charge in [-0.2, -0.15) is 11.8 Å². The number of urea groups is 1. The Morgan fingerprint density at radius 2 is 1.70 bits per heavy atom. The fourth-order valence-corrected chi connectivity index (χ4v) is 4.36. The number of ether oxygens (including phenoxy) is 1.